The Morgan fingerprint density at radius 2 is 2.23 bits per heavy atom. The molecule has 0 spiro atoms. The van der Waals surface area contributed by atoms with Gasteiger partial charge in [-0.2, -0.15) is 5.26 Å². The molecule has 0 aliphatic rings. The van der Waals surface area contributed by atoms with Crippen LogP contribution in [0.1, 0.15) is 12.5 Å². The summed E-state index contributed by atoms with van der Waals surface area (Å²) >= 11 is 0. The number of carboxylic acids is 1. The minimum absolute atomic E-state index is 0.229. The fourth-order valence-electron chi connectivity index (χ4n) is 1.57. The minimum Gasteiger partial charge on any atom is -0.480 e. The van der Waals surface area contributed by atoms with Gasteiger partial charge in [0, 0.05) is 12.7 Å². The summed E-state index contributed by atoms with van der Waals surface area (Å²) in [7, 11) is 0. The van der Waals surface area contributed by atoms with E-state index in [1.807, 2.05) is 0 Å². The van der Waals surface area contributed by atoms with E-state index in [1.54, 1.807) is 18.2 Å². The topological polar surface area (TPSA) is 102 Å². The molecule has 1 unspecified atom stereocenters. The van der Waals surface area contributed by atoms with Gasteiger partial charge in [0.1, 0.15) is 23.5 Å². The van der Waals surface area contributed by atoms with Gasteiger partial charge in [0.15, 0.2) is 0 Å². The first-order valence-electron chi connectivity index (χ1n) is 6.55. The summed E-state index contributed by atoms with van der Waals surface area (Å²) < 4.78 is 13.0. The van der Waals surface area contributed by atoms with E-state index in [4.69, 9.17) is 10.4 Å². The van der Waals surface area contributed by atoms with Crippen LogP contribution in [-0.4, -0.2) is 29.6 Å². The Morgan fingerprint density at radius 3 is 2.82 bits per heavy atom. The van der Waals surface area contributed by atoms with Crippen LogP contribution in [0.15, 0.2) is 36.0 Å². The number of amides is 1. The number of hydrogen-bond donors (Lipinski definition) is 3. The number of benzene rings is 1. The normalized spacial score (nSPS) is 12.1. The molecule has 0 aliphatic heterocycles. The lowest BCUT2D eigenvalue weighted by Crippen LogP contribution is -2.39. The summed E-state index contributed by atoms with van der Waals surface area (Å²) in [4.78, 5) is 22.3. The Kier molecular flexibility index (Phi) is 6.57. The van der Waals surface area contributed by atoms with E-state index in [-0.39, 0.29) is 11.4 Å². The van der Waals surface area contributed by atoms with Gasteiger partial charge < -0.3 is 15.7 Å². The molecule has 0 fully saturated rings. The van der Waals surface area contributed by atoms with Gasteiger partial charge >= 0.3 is 5.97 Å². The van der Waals surface area contributed by atoms with Crippen molar-refractivity contribution in [3.8, 4) is 6.07 Å². The fraction of sp³-hybridized carbons (Fsp3) is 0.267. The number of halogens is 1. The largest absolute Gasteiger partial charge is 0.480 e. The van der Waals surface area contributed by atoms with Crippen molar-refractivity contribution in [2.24, 2.45) is 0 Å². The SMILES string of the molecule is CC(NC(=O)/C(C#N)=C\NCCc1cccc(F)c1)C(=O)O. The molecule has 0 saturated carbocycles. The number of nitriles is 1. The first-order valence-corrected chi connectivity index (χ1v) is 6.55. The number of nitrogens with one attached hydrogen (secondary N) is 2. The van der Waals surface area contributed by atoms with Crippen molar-refractivity contribution in [2.45, 2.75) is 19.4 Å². The Balaban J connectivity index is 2.50. The molecule has 1 rings (SSSR count). The highest BCUT2D eigenvalue weighted by Crippen LogP contribution is 2.03. The molecule has 116 valence electrons. The van der Waals surface area contributed by atoms with Crippen LogP contribution in [0.5, 0.6) is 0 Å². The first-order chi connectivity index (χ1) is 10.4. The number of aliphatic carboxylic acids is 1. The van der Waals surface area contributed by atoms with Crippen LogP contribution in [0.2, 0.25) is 0 Å². The Labute approximate surface area is 127 Å². The van der Waals surface area contributed by atoms with E-state index in [1.165, 1.54) is 25.3 Å². The zero-order valence-electron chi connectivity index (χ0n) is 12.0. The average Bonchev–Trinajstić information content (AvgIpc) is 2.47. The maximum absolute atomic E-state index is 13.0. The van der Waals surface area contributed by atoms with Crippen molar-refractivity contribution in [1.82, 2.24) is 10.6 Å². The second-order valence-corrected chi connectivity index (χ2v) is 4.54. The van der Waals surface area contributed by atoms with Crippen molar-refractivity contribution in [1.29, 1.82) is 5.26 Å². The van der Waals surface area contributed by atoms with Crippen molar-refractivity contribution in [3.63, 3.8) is 0 Å². The second kappa shape index (κ2) is 8.42. The highest BCUT2D eigenvalue weighted by atomic mass is 19.1. The second-order valence-electron chi connectivity index (χ2n) is 4.54. The Morgan fingerprint density at radius 1 is 1.50 bits per heavy atom. The summed E-state index contributed by atoms with van der Waals surface area (Å²) in [6, 6.07) is 6.71. The maximum atomic E-state index is 13.0. The van der Waals surface area contributed by atoms with Crippen LogP contribution in [-0.2, 0) is 16.0 Å². The number of rotatable bonds is 7. The maximum Gasteiger partial charge on any atom is 0.325 e. The number of carbonyl (C=O) groups excluding carboxylic acids is 1. The third kappa shape index (κ3) is 5.63. The molecule has 6 nitrogen and oxygen atoms in total. The van der Waals surface area contributed by atoms with E-state index in [2.05, 4.69) is 10.6 Å². The van der Waals surface area contributed by atoms with Gasteiger partial charge in [-0.1, -0.05) is 12.1 Å². The van der Waals surface area contributed by atoms with Crippen molar-refractivity contribution < 1.29 is 19.1 Å². The van der Waals surface area contributed by atoms with Gasteiger partial charge in [0.05, 0.1) is 0 Å². The van der Waals surface area contributed by atoms with Gasteiger partial charge in [0.2, 0.25) is 0 Å². The Bertz CT molecular complexity index is 623. The molecule has 0 aliphatic carbocycles. The zero-order chi connectivity index (χ0) is 16.5. The van der Waals surface area contributed by atoms with Crippen LogP contribution in [0.4, 0.5) is 4.39 Å². The van der Waals surface area contributed by atoms with Crippen LogP contribution in [0.3, 0.4) is 0 Å². The molecule has 22 heavy (non-hydrogen) atoms. The van der Waals surface area contributed by atoms with Crippen molar-refractivity contribution in [3.05, 3.63) is 47.4 Å². The summed E-state index contributed by atoms with van der Waals surface area (Å²) in [5.41, 5.74) is 0.552. The van der Waals surface area contributed by atoms with E-state index >= 15 is 0 Å². The summed E-state index contributed by atoms with van der Waals surface area (Å²) in [5, 5.41) is 22.5. The molecule has 0 radical (unpaired) electrons. The van der Waals surface area contributed by atoms with Gasteiger partial charge in [-0.25, -0.2) is 4.39 Å². The number of nitrogens with zero attached hydrogens (tertiary/aromatic N) is 1. The molecule has 0 heterocycles. The van der Waals surface area contributed by atoms with Gasteiger partial charge in [-0.05, 0) is 31.0 Å². The standard InChI is InChI=1S/C15H16FN3O3/c1-10(15(21)22)19-14(20)12(8-17)9-18-6-5-11-3-2-4-13(16)7-11/h2-4,7,9-10,18H,5-6H2,1H3,(H,19,20)(H,21,22)/b12-9-. The molecule has 7 heteroatoms. The lowest BCUT2D eigenvalue weighted by molar-refractivity contribution is -0.140. The van der Waals surface area contributed by atoms with Crippen molar-refractivity contribution in [2.75, 3.05) is 6.54 Å². The molecule has 1 amide bonds. The van der Waals surface area contributed by atoms with Crippen LogP contribution in [0, 0.1) is 17.1 Å². The minimum atomic E-state index is -1.19. The predicted octanol–water partition coefficient (Wildman–Crippen LogP) is 0.955. The molecule has 0 bridgehead atoms. The Hall–Kier alpha value is -2.88. The summed E-state index contributed by atoms with van der Waals surface area (Å²) in [6.07, 6.45) is 1.73. The monoisotopic (exact) mass is 305 g/mol. The first kappa shape index (κ1) is 17.2. The zero-order valence-corrected chi connectivity index (χ0v) is 12.0. The average molecular weight is 305 g/mol. The highest BCUT2D eigenvalue weighted by Gasteiger charge is 2.16. The number of hydrogen-bond acceptors (Lipinski definition) is 4. The molecule has 1 atom stereocenters. The molecule has 1 aromatic carbocycles. The van der Waals surface area contributed by atoms with Crippen LogP contribution < -0.4 is 10.6 Å². The lowest BCUT2D eigenvalue weighted by atomic mass is 10.1. The molecular weight excluding hydrogens is 289 g/mol. The molecule has 0 saturated heterocycles. The van der Waals surface area contributed by atoms with Crippen LogP contribution >= 0.6 is 0 Å². The summed E-state index contributed by atoms with van der Waals surface area (Å²) in [6.45, 7) is 1.70. The fourth-order valence-corrected chi connectivity index (χ4v) is 1.57. The smallest absolute Gasteiger partial charge is 0.325 e. The predicted molar refractivity (Wildman–Crippen MR) is 77.0 cm³/mol. The molecule has 3 N–H and O–H groups in total. The molecule has 0 aromatic heterocycles. The summed E-state index contributed by atoms with van der Waals surface area (Å²) in [5.74, 6) is -2.28. The quantitative estimate of drug-likeness (QED) is 0.395. The van der Waals surface area contributed by atoms with E-state index in [0.29, 0.717) is 13.0 Å². The van der Waals surface area contributed by atoms with Gasteiger partial charge in [0.25, 0.3) is 5.91 Å². The lowest BCUT2D eigenvalue weighted by Gasteiger charge is -2.08. The number of carbonyl (C=O) groups is 2. The van der Waals surface area contributed by atoms with E-state index in [9.17, 15) is 14.0 Å². The molecular formula is C15H16FN3O3. The van der Waals surface area contributed by atoms with Gasteiger partial charge in [-0.3, -0.25) is 9.59 Å². The van der Waals surface area contributed by atoms with Crippen molar-refractivity contribution >= 4 is 11.9 Å². The molecule has 1 aromatic rings. The highest BCUT2D eigenvalue weighted by molar-refractivity contribution is 5.99. The van der Waals surface area contributed by atoms with E-state index < -0.39 is 17.9 Å². The third-order valence-electron chi connectivity index (χ3n) is 2.78. The number of carboxylic acid groups (broad SMARTS) is 1. The third-order valence-corrected chi connectivity index (χ3v) is 2.78. The van der Waals surface area contributed by atoms with Crippen LogP contribution in [0.25, 0.3) is 0 Å². The van der Waals surface area contributed by atoms with Gasteiger partial charge in [-0.15, -0.1) is 0 Å². The van der Waals surface area contributed by atoms with E-state index in [0.717, 1.165) is 5.56 Å².